The molecule has 1 aliphatic rings. The Morgan fingerprint density at radius 3 is 2.59 bits per heavy atom. The molecule has 0 amide bonds. The molecule has 0 spiro atoms. The van der Waals surface area contributed by atoms with E-state index >= 15 is 0 Å². The SMILES string of the molecule is CC1(C)CCC(=O)CCN1Cc1ccccc1. The molecule has 1 fully saturated rings. The van der Waals surface area contributed by atoms with E-state index in [1.807, 2.05) is 6.07 Å². The largest absolute Gasteiger partial charge is 0.300 e. The molecule has 0 aromatic heterocycles. The van der Waals surface area contributed by atoms with Crippen molar-refractivity contribution >= 4 is 5.78 Å². The van der Waals surface area contributed by atoms with Crippen LogP contribution in [-0.4, -0.2) is 22.8 Å². The fraction of sp³-hybridized carbons (Fsp3) is 0.533. The monoisotopic (exact) mass is 231 g/mol. The predicted molar refractivity (Wildman–Crippen MR) is 69.8 cm³/mol. The van der Waals surface area contributed by atoms with Gasteiger partial charge in [-0.3, -0.25) is 9.69 Å². The molecule has 0 aliphatic carbocycles. The summed E-state index contributed by atoms with van der Waals surface area (Å²) in [5.74, 6) is 0.411. The number of hydrogen-bond donors (Lipinski definition) is 0. The first-order valence-electron chi connectivity index (χ1n) is 6.39. The van der Waals surface area contributed by atoms with Crippen molar-refractivity contribution in [3.05, 3.63) is 35.9 Å². The molecule has 0 radical (unpaired) electrons. The van der Waals surface area contributed by atoms with Gasteiger partial charge in [-0.1, -0.05) is 30.3 Å². The minimum Gasteiger partial charge on any atom is -0.300 e. The number of carbonyl (C=O) groups is 1. The van der Waals surface area contributed by atoms with Gasteiger partial charge in [-0.05, 0) is 25.8 Å². The smallest absolute Gasteiger partial charge is 0.134 e. The molecular weight excluding hydrogens is 210 g/mol. The van der Waals surface area contributed by atoms with Crippen LogP contribution in [0.3, 0.4) is 0 Å². The summed E-state index contributed by atoms with van der Waals surface area (Å²) in [5, 5.41) is 0. The van der Waals surface area contributed by atoms with Crippen molar-refractivity contribution in [3.63, 3.8) is 0 Å². The van der Waals surface area contributed by atoms with Crippen molar-refractivity contribution < 1.29 is 4.79 Å². The molecule has 0 N–H and O–H groups in total. The van der Waals surface area contributed by atoms with Crippen molar-refractivity contribution in [2.24, 2.45) is 0 Å². The van der Waals surface area contributed by atoms with Gasteiger partial charge in [-0.2, -0.15) is 0 Å². The zero-order chi connectivity index (χ0) is 12.3. The van der Waals surface area contributed by atoms with E-state index in [1.54, 1.807) is 0 Å². The van der Waals surface area contributed by atoms with Crippen LogP contribution >= 0.6 is 0 Å². The summed E-state index contributed by atoms with van der Waals surface area (Å²) in [4.78, 5) is 14.0. The quantitative estimate of drug-likeness (QED) is 0.779. The Bertz CT molecular complexity index is 383. The van der Waals surface area contributed by atoms with Crippen LogP contribution in [0.5, 0.6) is 0 Å². The Balaban J connectivity index is 2.10. The highest BCUT2D eigenvalue weighted by atomic mass is 16.1. The van der Waals surface area contributed by atoms with Crippen molar-refractivity contribution in [3.8, 4) is 0 Å². The highest BCUT2D eigenvalue weighted by Crippen LogP contribution is 2.26. The molecule has 1 saturated heterocycles. The average Bonchev–Trinajstić information content (AvgIpc) is 2.44. The Hall–Kier alpha value is -1.15. The summed E-state index contributed by atoms with van der Waals surface area (Å²) in [6, 6.07) is 10.5. The third-order valence-corrected chi connectivity index (χ3v) is 3.75. The lowest BCUT2D eigenvalue weighted by Gasteiger charge is -2.37. The number of likely N-dealkylation sites (tertiary alicyclic amines) is 1. The van der Waals surface area contributed by atoms with E-state index < -0.39 is 0 Å². The van der Waals surface area contributed by atoms with E-state index in [2.05, 4.69) is 43.0 Å². The second-order valence-electron chi connectivity index (χ2n) is 5.51. The Morgan fingerprint density at radius 1 is 1.18 bits per heavy atom. The van der Waals surface area contributed by atoms with Gasteiger partial charge in [-0.25, -0.2) is 0 Å². The molecule has 2 heteroatoms. The number of benzene rings is 1. The van der Waals surface area contributed by atoms with Crippen molar-refractivity contribution in [2.75, 3.05) is 6.54 Å². The summed E-state index contributed by atoms with van der Waals surface area (Å²) < 4.78 is 0. The maximum atomic E-state index is 11.5. The molecule has 17 heavy (non-hydrogen) atoms. The summed E-state index contributed by atoms with van der Waals surface area (Å²) in [6.45, 7) is 6.32. The second-order valence-corrected chi connectivity index (χ2v) is 5.51. The van der Waals surface area contributed by atoms with Gasteiger partial charge in [-0.15, -0.1) is 0 Å². The minimum atomic E-state index is 0.127. The maximum absolute atomic E-state index is 11.5. The molecule has 1 aliphatic heterocycles. The molecule has 0 bridgehead atoms. The lowest BCUT2D eigenvalue weighted by molar-refractivity contribution is -0.118. The van der Waals surface area contributed by atoms with Crippen LogP contribution in [0.1, 0.15) is 38.7 Å². The number of nitrogens with zero attached hydrogens (tertiary/aromatic N) is 1. The normalized spacial score (nSPS) is 21.2. The molecule has 2 nitrogen and oxygen atoms in total. The molecule has 0 atom stereocenters. The Morgan fingerprint density at radius 2 is 1.88 bits per heavy atom. The van der Waals surface area contributed by atoms with E-state index in [4.69, 9.17) is 0 Å². The first-order chi connectivity index (χ1) is 8.08. The molecule has 1 aromatic rings. The van der Waals surface area contributed by atoms with Gasteiger partial charge in [0.05, 0.1) is 0 Å². The fourth-order valence-electron chi connectivity index (χ4n) is 2.39. The van der Waals surface area contributed by atoms with Crippen LogP contribution in [0.2, 0.25) is 0 Å². The van der Waals surface area contributed by atoms with Gasteiger partial charge in [0.2, 0.25) is 0 Å². The number of Topliss-reactive ketones (excluding diaryl/α,β-unsaturated/α-hetero) is 1. The molecule has 0 saturated carbocycles. The van der Waals surface area contributed by atoms with E-state index in [-0.39, 0.29) is 5.54 Å². The van der Waals surface area contributed by atoms with Crippen LogP contribution in [0.15, 0.2) is 30.3 Å². The Kier molecular flexibility index (Phi) is 3.63. The second kappa shape index (κ2) is 5.01. The number of hydrogen-bond acceptors (Lipinski definition) is 2. The molecule has 0 unspecified atom stereocenters. The maximum Gasteiger partial charge on any atom is 0.134 e. The standard InChI is InChI=1S/C15H21NO/c1-15(2)10-8-14(17)9-11-16(15)12-13-6-4-3-5-7-13/h3-7H,8-12H2,1-2H3. The number of ketones is 1. The van der Waals surface area contributed by atoms with Gasteiger partial charge in [0.25, 0.3) is 0 Å². The van der Waals surface area contributed by atoms with Gasteiger partial charge >= 0.3 is 0 Å². The van der Waals surface area contributed by atoms with Crippen LogP contribution in [-0.2, 0) is 11.3 Å². The van der Waals surface area contributed by atoms with Crippen molar-refractivity contribution in [1.82, 2.24) is 4.90 Å². The predicted octanol–water partition coefficient (Wildman–Crippen LogP) is 3.02. The van der Waals surface area contributed by atoms with Crippen LogP contribution in [0.25, 0.3) is 0 Å². The summed E-state index contributed by atoms with van der Waals surface area (Å²) in [5.41, 5.74) is 1.46. The third kappa shape index (κ3) is 3.16. The zero-order valence-corrected chi connectivity index (χ0v) is 10.8. The Labute approximate surface area is 104 Å². The minimum absolute atomic E-state index is 0.127. The lowest BCUT2D eigenvalue weighted by Crippen LogP contribution is -2.42. The first-order valence-corrected chi connectivity index (χ1v) is 6.39. The van der Waals surface area contributed by atoms with Gasteiger partial charge in [0, 0.05) is 31.5 Å². The lowest BCUT2D eigenvalue weighted by atomic mass is 9.96. The topological polar surface area (TPSA) is 20.3 Å². The molecular formula is C15H21NO. The highest BCUT2D eigenvalue weighted by Gasteiger charge is 2.30. The summed E-state index contributed by atoms with van der Waals surface area (Å²) in [7, 11) is 0. The van der Waals surface area contributed by atoms with E-state index in [0.29, 0.717) is 12.2 Å². The molecule has 1 aromatic carbocycles. The van der Waals surface area contributed by atoms with Gasteiger partial charge in [0.15, 0.2) is 0 Å². The van der Waals surface area contributed by atoms with Crippen molar-refractivity contribution in [2.45, 2.75) is 45.2 Å². The average molecular weight is 231 g/mol. The summed E-state index contributed by atoms with van der Waals surface area (Å²) >= 11 is 0. The van der Waals surface area contributed by atoms with Crippen molar-refractivity contribution in [1.29, 1.82) is 0 Å². The molecule has 1 heterocycles. The number of carbonyl (C=O) groups excluding carboxylic acids is 1. The van der Waals surface area contributed by atoms with E-state index in [1.165, 1.54) is 5.56 Å². The highest BCUT2D eigenvalue weighted by molar-refractivity contribution is 5.78. The van der Waals surface area contributed by atoms with Crippen LogP contribution < -0.4 is 0 Å². The van der Waals surface area contributed by atoms with Crippen LogP contribution in [0.4, 0.5) is 0 Å². The fourth-order valence-corrected chi connectivity index (χ4v) is 2.39. The zero-order valence-electron chi connectivity index (χ0n) is 10.8. The third-order valence-electron chi connectivity index (χ3n) is 3.75. The molecule has 2 rings (SSSR count). The summed E-state index contributed by atoms with van der Waals surface area (Å²) in [6.07, 6.45) is 2.41. The molecule has 92 valence electrons. The van der Waals surface area contributed by atoms with Gasteiger partial charge < -0.3 is 0 Å². The van der Waals surface area contributed by atoms with E-state index in [0.717, 1.165) is 25.9 Å². The first kappa shape index (κ1) is 12.3. The van der Waals surface area contributed by atoms with Gasteiger partial charge in [0.1, 0.15) is 5.78 Å². The van der Waals surface area contributed by atoms with Crippen LogP contribution in [0, 0.1) is 0 Å². The number of rotatable bonds is 2. The van der Waals surface area contributed by atoms with E-state index in [9.17, 15) is 4.79 Å².